The maximum absolute atomic E-state index is 9.31. The van der Waals surface area contributed by atoms with Crippen molar-refractivity contribution in [2.75, 3.05) is 6.61 Å². The summed E-state index contributed by atoms with van der Waals surface area (Å²) in [6, 6.07) is -0.407. The maximum atomic E-state index is 9.31. The Morgan fingerprint density at radius 1 is 1.26 bits per heavy atom. The number of hydrogen-bond donors (Lipinski definition) is 2. The molecule has 0 spiro atoms. The molecule has 5 heteroatoms. The topological polar surface area (TPSA) is 77.0 Å². The molecule has 3 N–H and O–H groups in total. The van der Waals surface area contributed by atoms with Crippen molar-refractivity contribution < 1.29 is 5.11 Å². The van der Waals surface area contributed by atoms with Gasteiger partial charge in [0, 0.05) is 5.54 Å². The summed E-state index contributed by atoms with van der Waals surface area (Å²) >= 11 is 0. The lowest BCUT2D eigenvalue weighted by Gasteiger charge is -2.57. The molecule has 0 aromatic carbocycles. The smallest absolute Gasteiger partial charge is 0.152 e. The number of rotatable bonds is 3. The normalized spacial score (nSPS) is 41.7. The van der Waals surface area contributed by atoms with Crippen LogP contribution in [0.3, 0.4) is 0 Å². The summed E-state index contributed by atoms with van der Waals surface area (Å²) in [5.41, 5.74) is 6.18. The van der Waals surface area contributed by atoms with Gasteiger partial charge in [-0.25, -0.2) is 0 Å². The fraction of sp³-hybridized carbons (Fsp3) is 0.857. The fourth-order valence-corrected chi connectivity index (χ4v) is 5.30. The van der Waals surface area contributed by atoms with Gasteiger partial charge in [0.05, 0.1) is 12.6 Å². The van der Waals surface area contributed by atoms with Gasteiger partial charge in [0.25, 0.3) is 0 Å². The van der Waals surface area contributed by atoms with Gasteiger partial charge in [0.2, 0.25) is 0 Å². The van der Waals surface area contributed by atoms with Crippen LogP contribution in [0.15, 0.2) is 6.33 Å². The highest BCUT2D eigenvalue weighted by atomic mass is 16.3. The Morgan fingerprint density at radius 2 is 1.84 bits per heavy atom. The monoisotopic (exact) mass is 262 g/mol. The quantitative estimate of drug-likeness (QED) is 0.858. The predicted octanol–water partition coefficient (Wildman–Crippen LogP) is 1.20. The van der Waals surface area contributed by atoms with Crippen molar-refractivity contribution in [2.45, 2.75) is 50.1 Å². The van der Waals surface area contributed by atoms with E-state index in [1.165, 1.54) is 38.5 Å². The largest absolute Gasteiger partial charge is 0.394 e. The molecule has 5 nitrogen and oxygen atoms in total. The number of nitrogens with zero attached hydrogens (tertiary/aromatic N) is 3. The van der Waals surface area contributed by atoms with Gasteiger partial charge in [-0.15, -0.1) is 10.2 Å². The highest BCUT2D eigenvalue weighted by Crippen LogP contribution is 2.59. The van der Waals surface area contributed by atoms with E-state index in [0.717, 1.165) is 23.6 Å². The van der Waals surface area contributed by atoms with E-state index >= 15 is 0 Å². The molecule has 0 aliphatic heterocycles. The Kier molecular flexibility index (Phi) is 2.51. The third-order valence-corrected chi connectivity index (χ3v) is 5.62. The molecule has 5 rings (SSSR count). The van der Waals surface area contributed by atoms with E-state index in [9.17, 15) is 5.11 Å². The van der Waals surface area contributed by atoms with Crippen LogP contribution >= 0.6 is 0 Å². The first-order valence-electron chi connectivity index (χ1n) is 7.47. The van der Waals surface area contributed by atoms with Gasteiger partial charge >= 0.3 is 0 Å². The summed E-state index contributed by atoms with van der Waals surface area (Å²) in [5.74, 6) is 3.41. The van der Waals surface area contributed by atoms with Crippen LogP contribution in [0.1, 0.15) is 50.4 Å². The molecular weight excluding hydrogens is 240 g/mol. The fourth-order valence-electron chi connectivity index (χ4n) is 5.30. The lowest BCUT2D eigenvalue weighted by atomic mass is 9.53. The van der Waals surface area contributed by atoms with Gasteiger partial charge in [-0.05, 0) is 56.3 Å². The molecule has 4 saturated carbocycles. The van der Waals surface area contributed by atoms with Crippen molar-refractivity contribution in [1.82, 2.24) is 14.8 Å². The van der Waals surface area contributed by atoms with Crippen molar-refractivity contribution in [3.05, 3.63) is 12.2 Å². The zero-order valence-corrected chi connectivity index (χ0v) is 11.2. The standard InChI is InChI=1S/C14H22N4O/c15-12(7-19)13-17-16-8-18(13)14-4-9-1-10(5-14)3-11(2-9)6-14/h8-12,19H,1-7,15H2. The number of aliphatic hydroxyl groups excluding tert-OH is 1. The molecule has 19 heavy (non-hydrogen) atoms. The third-order valence-electron chi connectivity index (χ3n) is 5.62. The molecule has 1 heterocycles. The lowest BCUT2D eigenvalue weighted by molar-refractivity contribution is -0.0452. The van der Waals surface area contributed by atoms with E-state index < -0.39 is 6.04 Å². The van der Waals surface area contributed by atoms with E-state index in [4.69, 9.17) is 5.73 Å². The van der Waals surface area contributed by atoms with Crippen LogP contribution in [-0.4, -0.2) is 26.5 Å². The molecule has 4 bridgehead atoms. The van der Waals surface area contributed by atoms with Crippen LogP contribution in [0.25, 0.3) is 0 Å². The van der Waals surface area contributed by atoms with Crippen LogP contribution in [-0.2, 0) is 5.54 Å². The molecule has 104 valence electrons. The van der Waals surface area contributed by atoms with Crippen LogP contribution in [0, 0.1) is 17.8 Å². The summed E-state index contributed by atoms with van der Waals surface area (Å²) < 4.78 is 2.22. The van der Waals surface area contributed by atoms with Crippen LogP contribution < -0.4 is 5.73 Å². The molecule has 1 unspecified atom stereocenters. The van der Waals surface area contributed by atoms with Crippen molar-refractivity contribution in [2.24, 2.45) is 23.5 Å². The average molecular weight is 262 g/mol. The molecule has 4 aliphatic carbocycles. The van der Waals surface area contributed by atoms with Crippen molar-refractivity contribution >= 4 is 0 Å². The molecule has 4 fully saturated rings. The number of hydrogen-bond acceptors (Lipinski definition) is 4. The minimum absolute atomic E-state index is 0.0644. The molecule has 0 amide bonds. The van der Waals surface area contributed by atoms with Gasteiger partial charge in [-0.2, -0.15) is 0 Å². The first kappa shape index (κ1) is 11.9. The van der Waals surface area contributed by atoms with Gasteiger partial charge in [0.15, 0.2) is 5.82 Å². The highest BCUT2D eigenvalue weighted by molar-refractivity contribution is 5.09. The molecule has 0 radical (unpaired) electrons. The van der Waals surface area contributed by atoms with Crippen LogP contribution in [0.5, 0.6) is 0 Å². The Bertz CT molecular complexity index is 448. The molecule has 1 aromatic heterocycles. The average Bonchev–Trinajstić information content (AvgIpc) is 2.86. The summed E-state index contributed by atoms with van der Waals surface area (Å²) in [6.45, 7) is -0.0644. The Morgan fingerprint density at radius 3 is 2.37 bits per heavy atom. The van der Waals surface area contributed by atoms with E-state index in [-0.39, 0.29) is 12.1 Å². The molecule has 1 aromatic rings. The number of aromatic nitrogens is 3. The maximum Gasteiger partial charge on any atom is 0.152 e. The molecule has 4 aliphatic rings. The van der Waals surface area contributed by atoms with Gasteiger partial charge in [-0.3, -0.25) is 0 Å². The van der Waals surface area contributed by atoms with E-state index in [0.29, 0.717) is 0 Å². The van der Waals surface area contributed by atoms with E-state index in [1.54, 1.807) is 0 Å². The molecule has 0 saturated heterocycles. The van der Waals surface area contributed by atoms with E-state index in [2.05, 4.69) is 14.8 Å². The second kappa shape index (κ2) is 4.03. The molecular formula is C14H22N4O. The number of aliphatic hydroxyl groups is 1. The summed E-state index contributed by atoms with van der Waals surface area (Å²) in [4.78, 5) is 0. The summed E-state index contributed by atoms with van der Waals surface area (Å²) in [6.07, 6.45) is 9.86. The first-order valence-corrected chi connectivity index (χ1v) is 7.47. The Balaban J connectivity index is 1.74. The summed E-state index contributed by atoms with van der Waals surface area (Å²) in [5, 5.41) is 17.5. The highest BCUT2D eigenvalue weighted by Gasteiger charge is 2.52. The minimum Gasteiger partial charge on any atom is -0.394 e. The second-order valence-electron chi connectivity index (χ2n) is 6.99. The van der Waals surface area contributed by atoms with Gasteiger partial charge in [0.1, 0.15) is 6.33 Å². The number of nitrogens with two attached hydrogens (primary N) is 1. The summed E-state index contributed by atoms with van der Waals surface area (Å²) in [7, 11) is 0. The van der Waals surface area contributed by atoms with E-state index in [1.807, 2.05) is 6.33 Å². The second-order valence-corrected chi connectivity index (χ2v) is 6.99. The first-order chi connectivity index (χ1) is 9.20. The van der Waals surface area contributed by atoms with Crippen molar-refractivity contribution in [1.29, 1.82) is 0 Å². The molecule has 1 atom stereocenters. The lowest BCUT2D eigenvalue weighted by Crippen LogP contribution is -2.52. The van der Waals surface area contributed by atoms with Crippen molar-refractivity contribution in [3.8, 4) is 0 Å². The third kappa shape index (κ3) is 1.68. The van der Waals surface area contributed by atoms with Gasteiger partial charge in [-0.1, -0.05) is 0 Å². The van der Waals surface area contributed by atoms with Crippen LogP contribution in [0.4, 0.5) is 0 Å². The Hall–Kier alpha value is -0.940. The minimum atomic E-state index is -0.407. The SMILES string of the molecule is NC(CO)c1nncn1C12CC3CC(CC(C3)C1)C2. The van der Waals surface area contributed by atoms with Crippen LogP contribution in [0.2, 0.25) is 0 Å². The zero-order valence-electron chi connectivity index (χ0n) is 11.2. The predicted molar refractivity (Wildman–Crippen MR) is 70.2 cm³/mol. The Labute approximate surface area is 113 Å². The van der Waals surface area contributed by atoms with Gasteiger partial charge < -0.3 is 15.4 Å². The van der Waals surface area contributed by atoms with Crippen molar-refractivity contribution in [3.63, 3.8) is 0 Å². The zero-order chi connectivity index (χ0) is 13.0.